The Bertz CT molecular complexity index is 1210. The van der Waals surface area contributed by atoms with Crippen molar-refractivity contribution in [1.82, 2.24) is 15.1 Å². The molecule has 5 N–H and O–H groups in total. The van der Waals surface area contributed by atoms with Crippen molar-refractivity contribution < 1.29 is 18.4 Å². The fraction of sp³-hybridized carbons (Fsp3) is 0.292. The molecule has 3 aromatic rings. The molecule has 1 heterocycles. The summed E-state index contributed by atoms with van der Waals surface area (Å²) in [4.78, 5) is 24.5. The van der Waals surface area contributed by atoms with Gasteiger partial charge in [0.05, 0.1) is 11.6 Å². The van der Waals surface area contributed by atoms with Gasteiger partial charge in [-0.2, -0.15) is 5.10 Å². The summed E-state index contributed by atoms with van der Waals surface area (Å²) in [5.74, 6) is -3.09. The van der Waals surface area contributed by atoms with Crippen molar-refractivity contribution in [1.29, 1.82) is 0 Å². The van der Waals surface area contributed by atoms with Gasteiger partial charge in [-0.15, -0.1) is 0 Å². The molecule has 0 radical (unpaired) electrons. The Morgan fingerprint density at radius 2 is 1.79 bits per heavy atom. The standard InChI is InChI=1S/C24H25F2N5O2/c1-13-6-2-5-9-16(13)24(33)29-12-14-10-17(25)19(18(26)11-14)21-20(23(28)32)22(27)31(30-21)15-7-3-4-8-15/h2,5-6,9-11,15H,3-4,7-8,12,27H2,1H3,(H2,28,32)(H,29,33). The van der Waals surface area contributed by atoms with Gasteiger partial charge in [0, 0.05) is 12.1 Å². The van der Waals surface area contributed by atoms with Crippen molar-refractivity contribution >= 4 is 17.6 Å². The lowest BCUT2D eigenvalue weighted by Crippen LogP contribution is -2.23. The summed E-state index contributed by atoms with van der Waals surface area (Å²) in [6.07, 6.45) is 3.59. The molecule has 1 aromatic heterocycles. The minimum absolute atomic E-state index is 0.0118. The van der Waals surface area contributed by atoms with Crippen LogP contribution < -0.4 is 16.8 Å². The Balaban J connectivity index is 1.64. The van der Waals surface area contributed by atoms with Crippen LogP contribution in [0.1, 0.15) is 63.6 Å². The normalized spacial score (nSPS) is 13.9. The van der Waals surface area contributed by atoms with Crippen LogP contribution in [0.4, 0.5) is 14.6 Å². The van der Waals surface area contributed by atoms with Crippen LogP contribution >= 0.6 is 0 Å². The number of amides is 2. The third kappa shape index (κ3) is 4.30. The summed E-state index contributed by atoms with van der Waals surface area (Å²) >= 11 is 0. The SMILES string of the molecule is Cc1ccccc1C(=O)NCc1cc(F)c(-c2nn(C3CCCC3)c(N)c2C(N)=O)c(F)c1. The maximum Gasteiger partial charge on any atom is 0.254 e. The maximum absolute atomic E-state index is 15.1. The largest absolute Gasteiger partial charge is 0.383 e. The highest BCUT2D eigenvalue weighted by atomic mass is 19.1. The second-order valence-electron chi connectivity index (χ2n) is 8.29. The Labute approximate surface area is 189 Å². The number of nitrogen functional groups attached to an aromatic ring is 1. The summed E-state index contributed by atoms with van der Waals surface area (Å²) in [6, 6.07) is 9.19. The van der Waals surface area contributed by atoms with E-state index in [-0.39, 0.29) is 41.1 Å². The Morgan fingerprint density at radius 3 is 2.39 bits per heavy atom. The molecule has 0 spiro atoms. The van der Waals surface area contributed by atoms with E-state index in [9.17, 15) is 9.59 Å². The Kier molecular flexibility index (Phi) is 6.13. The number of nitrogens with one attached hydrogen (secondary N) is 1. The number of nitrogens with zero attached hydrogens (tertiary/aromatic N) is 2. The Morgan fingerprint density at radius 1 is 1.15 bits per heavy atom. The lowest BCUT2D eigenvalue weighted by Gasteiger charge is -2.11. The molecule has 0 aliphatic heterocycles. The van der Waals surface area contributed by atoms with Gasteiger partial charge in [-0.3, -0.25) is 9.59 Å². The molecule has 0 unspecified atom stereocenters. The lowest BCUT2D eigenvalue weighted by atomic mass is 10.0. The molecule has 1 saturated carbocycles. The number of benzene rings is 2. The summed E-state index contributed by atoms with van der Waals surface area (Å²) in [7, 11) is 0. The van der Waals surface area contributed by atoms with Crippen molar-refractivity contribution in [2.45, 2.75) is 45.2 Å². The molecule has 7 nitrogen and oxygen atoms in total. The second-order valence-corrected chi connectivity index (χ2v) is 8.29. The molecule has 2 amide bonds. The molecule has 4 rings (SSSR count). The van der Waals surface area contributed by atoms with Gasteiger partial charge < -0.3 is 16.8 Å². The van der Waals surface area contributed by atoms with Crippen LogP contribution in [-0.4, -0.2) is 21.6 Å². The van der Waals surface area contributed by atoms with Crippen LogP contribution in [0.25, 0.3) is 11.3 Å². The summed E-state index contributed by atoms with van der Waals surface area (Å²) in [6.45, 7) is 1.72. The predicted octanol–water partition coefficient (Wildman–Crippen LogP) is 3.86. The third-order valence-electron chi connectivity index (χ3n) is 6.05. The van der Waals surface area contributed by atoms with Gasteiger partial charge in [0.25, 0.3) is 11.8 Å². The molecule has 172 valence electrons. The molecule has 2 aromatic carbocycles. The molecule has 1 aliphatic carbocycles. The maximum atomic E-state index is 15.1. The molecule has 0 saturated heterocycles. The monoisotopic (exact) mass is 453 g/mol. The van der Waals surface area contributed by atoms with E-state index < -0.39 is 23.1 Å². The van der Waals surface area contributed by atoms with Crippen molar-refractivity contribution in [3.05, 3.63) is 70.3 Å². The first-order valence-electron chi connectivity index (χ1n) is 10.8. The number of nitrogens with two attached hydrogens (primary N) is 2. The zero-order valence-corrected chi connectivity index (χ0v) is 18.2. The van der Waals surface area contributed by atoms with Gasteiger partial charge in [0.1, 0.15) is 28.7 Å². The van der Waals surface area contributed by atoms with Crippen molar-refractivity contribution in [2.75, 3.05) is 5.73 Å². The van der Waals surface area contributed by atoms with E-state index in [1.165, 1.54) is 4.68 Å². The summed E-state index contributed by atoms with van der Waals surface area (Å²) < 4.78 is 31.6. The fourth-order valence-corrected chi connectivity index (χ4v) is 4.35. The third-order valence-corrected chi connectivity index (χ3v) is 6.05. The minimum atomic E-state index is -0.922. The van der Waals surface area contributed by atoms with E-state index in [0.29, 0.717) is 5.56 Å². The van der Waals surface area contributed by atoms with Crippen LogP contribution in [0.2, 0.25) is 0 Å². The van der Waals surface area contributed by atoms with E-state index in [0.717, 1.165) is 43.4 Å². The van der Waals surface area contributed by atoms with Gasteiger partial charge in [-0.1, -0.05) is 31.0 Å². The molecule has 0 atom stereocenters. The van der Waals surface area contributed by atoms with Crippen molar-refractivity contribution in [2.24, 2.45) is 5.73 Å². The molecular formula is C24H25F2N5O2. The van der Waals surface area contributed by atoms with Gasteiger partial charge >= 0.3 is 0 Å². The van der Waals surface area contributed by atoms with Crippen molar-refractivity contribution in [3.63, 3.8) is 0 Å². The van der Waals surface area contributed by atoms with E-state index >= 15 is 8.78 Å². The first kappa shape index (κ1) is 22.4. The van der Waals surface area contributed by atoms with Crippen LogP contribution in [-0.2, 0) is 6.54 Å². The van der Waals surface area contributed by atoms with E-state index in [1.54, 1.807) is 25.1 Å². The predicted molar refractivity (Wildman–Crippen MR) is 120 cm³/mol. The fourth-order valence-electron chi connectivity index (χ4n) is 4.35. The molecule has 9 heteroatoms. The second kappa shape index (κ2) is 9.01. The number of aromatic nitrogens is 2. The van der Waals surface area contributed by atoms with Crippen LogP contribution in [0.15, 0.2) is 36.4 Å². The number of primary amides is 1. The average Bonchev–Trinajstić information content (AvgIpc) is 3.40. The van der Waals surface area contributed by atoms with Crippen LogP contribution in [0.3, 0.4) is 0 Å². The highest BCUT2D eigenvalue weighted by Crippen LogP contribution is 2.37. The highest BCUT2D eigenvalue weighted by molar-refractivity contribution is 6.03. The first-order valence-corrected chi connectivity index (χ1v) is 10.8. The zero-order valence-electron chi connectivity index (χ0n) is 18.2. The summed E-state index contributed by atoms with van der Waals surface area (Å²) in [5.41, 5.74) is 12.2. The number of aryl methyl sites for hydroxylation is 1. The van der Waals surface area contributed by atoms with Crippen molar-refractivity contribution in [3.8, 4) is 11.3 Å². The lowest BCUT2D eigenvalue weighted by molar-refractivity contribution is 0.0949. The van der Waals surface area contributed by atoms with Gasteiger partial charge in [0.2, 0.25) is 0 Å². The molecule has 0 bridgehead atoms. The molecule has 33 heavy (non-hydrogen) atoms. The minimum Gasteiger partial charge on any atom is -0.383 e. The van der Waals surface area contributed by atoms with Gasteiger partial charge in [-0.25, -0.2) is 13.5 Å². The summed E-state index contributed by atoms with van der Waals surface area (Å²) in [5, 5.41) is 6.96. The number of hydrogen-bond acceptors (Lipinski definition) is 4. The molecule has 1 aliphatic rings. The molecule has 1 fully saturated rings. The Hall–Kier alpha value is -3.75. The van der Waals surface area contributed by atoms with Crippen LogP contribution in [0, 0.1) is 18.6 Å². The van der Waals surface area contributed by atoms with E-state index in [4.69, 9.17) is 11.5 Å². The topological polar surface area (TPSA) is 116 Å². The average molecular weight is 453 g/mol. The zero-order chi connectivity index (χ0) is 23.7. The number of carbonyl (C=O) groups is 2. The van der Waals surface area contributed by atoms with E-state index in [2.05, 4.69) is 10.4 Å². The molecular weight excluding hydrogens is 428 g/mol. The van der Waals surface area contributed by atoms with E-state index in [1.807, 2.05) is 6.07 Å². The van der Waals surface area contributed by atoms with Gasteiger partial charge in [0.15, 0.2) is 0 Å². The highest BCUT2D eigenvalue weighted by Gasteiger charge is 2.30. The number of carbonyl (C=O) groups excluding carboxylic acids is 2. The number of hydrogen-bond donors (Lipinski definition) is 3. The number of anilines is 1. The van der Waals surface area contributed by atoms with Crippen LogP contribution in [0.5, 0.6) is 0 Å². The quantitative estimate of drug-likeness (QED) is 0.525. The number of rotatable bonds is 6. The smallest absolute Gasteiger partial charge is 0.254 e. The van der Waals surface area contributed by atoms with Gasteiger partial charge in [-0.05, 0) is 49.1 Å². The number of halogens is 2. The first-order chi connectivity index (χ1) is 15.8.